The van der Waals surface area contributed by atoms with Crippen molar-refractivity contribution in [3.05, 3.63) is 77.9 Å². The Hall–Kier alpha value is -4.25. The first-order valence-corrected chi connectivity index (χ1v) is 16.0. The Labute approximate surface area is 261 Å². The minimum absolute atomic E-state index is 0.0771. The Morgan fingerprint density at radius 3 is 2.02 bits per heavy atom. The highest BCUT2D eigenvalue weighted by atomic mass is 32.2. The van der Waals surface area contributed by atoms with Gasteiger partial charge in [-0.15, -0.1) is 0 Å². The summed E-state index contributed by atoms with van der Waals surface area (Å²) >= 11 is 0. The number of rotatable bonds is 15. The van der Waals surface area contributed by atoms with E-state index >= 15 is 0 Å². The highest BCUT2D eigenvalue weighted by Gasteiger charge is 2.34. The molecule has 0 heterocycles. The predicted octanol–water partition coefficient (Wildman–Crippen LogP) is 4.94. The van der Waals surface area contributed by atoms with Crippen LogP contribution in [0.2, 0.25) is 0 Å². The lowest BCUT2D eigenvalue weighted by Gasteiger charge is -2.33. The Balaban J connectivity index is 2.09. The van der Waals surface area contributed by atoms with E-state index in [-0.39, 0.29) is 29.1 Å². The molecule has 11 heteroatoms. The van der Waals surface area contributed by atoms with E-state index < -0.39 is 28.5 Å². The monoisotopic (exact) mass is 625 g/mol. The molecule has 2 amide bonds. The molecule has 0 unspecified atom stereocenters. The molecule has 2 atom stereocenters. The zero-order valence-electron chi connectivity index (χ0n) is 26.5. The predicted molar refractivity (Wildman–Crippen MR) is 171 cm³/mol. The molecule has 0 aromatic heterocycles. The molecule has 0 aliphatic carbocycles. The number of hydrogen-bond donors (Lipinski definition) is 1. The summed E-state index contributed by atoms with van der Waals surface area (Å²) < 4.78 is 45.4. The largest absolute Gasteiger partial charge is 0.497 e. The van der Waals surface area contributed by atoms with Gasteiger partial charge < -0.3 is 24.4 Å². The maximum Gasteiger partial charge on any atom is 0.264 e. The number of carbonyl (C=O) groups excluding carboxylic acids is 2. The Morgan fingerprint density at radius 1 is 0.841 bits per heavy atom. The summed E-state index contributed by atoms with van der Waals surface area (Å²) in [6, 6.07) is 17.4. The van der Waals surface area contributed by atoms with Crippen molar-refractivity contribution in [2.24, 2.45) is 0 Å². The van der Waals surface area contributed by atoms with Crippen LogP contribution in [0, 0.1) is 6.92 Å². The van der Waals surface area contributed by atoms with Gasteiger partial charge in [0.15, 0.2) is 11.5 Å². The standard InChI is InChI=1S/C33H43N3O7S/c1-8-24(4)34-33(38)29(9-2)35(21-25-12-16-27(41-5)17-13-25)32(37)22-36(26-14-10-23(3)11-15-26)44(39,40)28-18-19-30(42-6)31(20-28)43-7/h10-20,24,29H,8-9,21-22H2,1-7H3,(H,34,38)/t24-,29+/m1/s1. The Morgan fingerprint density at radius 2 is 1.48 bits per heavy atom. The van der Waals surface area contributed by atoms with E-state index in [0.29, 0.717) is 23.6 Å². The van der Waals surface area contributed by atoms with Crippen molar-refractivity contribution < 1.29 is 32.2 Å². The number of carbonyl (C=O) groups is 2. The number of ether oxygens (including phenoxy) is 3. The second-order valence-corrected chi connectivity index (χ2v) is 12.3. The summed E-state index contributed by atoms with van der Waals surface area (Å²) in [5.74, 6) is 0.426. The highest BCUT2D eigenvalue weighted by molar-refractivity contribution is 7.92. The third-order valence-electron chi connectivity index (χ3n) is 7.44. The number of nitrogens with zero attached hydrogens (tertiary/aromatic N) is 2. The molecule has 0 aliphatic rings. The molecular weight excluding hydrogens is 582 g/mol. The molecule has 238 valence electrons. The van der Waals surface area contributed by atoms with Crippen LogP contribution >= 0.6 is 0 Å². The van der Waals surface area contributed by atoms with Crippen LogP contribution in [0.1, 0.15) is 44.7 Å². The quantitative estimate of drug-likeness (QED) is 0.255. The van der Waals surface area contributed by atoms with Gasteiger partial charge >= 0.3 is 0 Å². The van der Waals surface area contributed by atoms with Gasteiger partial charge in [0, 0.05) is 18.7 Å². The van der Waals surface area contributed by atoms with Crippen LogP contribution in [0.3, 0.4) is 0 Å². The smallest absolute Gasteiger partial charge is 0.264 e. The van der Waals surface area contributed by atoms with Crippen LogP contribution in [0.25, 0.3) is 0 Å². The van der Waals surface area contributed by atoms with E-state index in [9.17, 15) is 18.0 Å². The van der Waals surface area contributed by atoms with Crippen LogP contribution in [0.5, 0.6) is 17.2 Å². The number of hydrogen-bond acceptors (Lipinski definition) is 7. The topological polar surface area (TPSA) is 114 Å². The van der Waals surface area contributed by atoms with Crippen LogP contribution in [0.15, 0.2) is 71.6 Å². The van der Waals surface area contributed by atoms with E-state index in [1.807, 2.05) is 39.8 Å². The number of amides is 2. The van der Waals surface area contributed by atoms with Crippen LogP contribution in [-0.4, -0.2) is 65.1 Å². The molecule has 10 nitrogen and oxygen atoms in total. The fourth-order valence-electron chi connectivity index (χ4n) is 4.63. The van der Waals surface area contributed by atoms with Crippen molar-refractivity contribution in [1.82, 2.24) is 10.2 Å². The number of nitrogens with one attached hydrogen (secondary N) is 1. The number of benzene rings is 3. The molecule has 0 radical (unpaired) electrons. The third-order valence-corrected chi connectivity index (χ3v) is 9.21. The lowest BCUT2D eigenvalue weighted by atomic mass is 10.1. The molecule has 0 saturated carbocycles. The molecule has 3 aromatic carbocycles. The molecule has 1 N–H and O–H groups in total. The Kier molecular flexibility index (Phi) is 12.0. The molecule has 0 fully saturated rings. The molecular formula is C33H43N3O7S. The van der Waals surface area contributed by atoms with Crippen LogP contribution in [-0.2, 0) is 26.2 Å². The average molecular weight is 626 g/mol. The molecule has 0 aliphatic heterocycles. The van der Waals surface area contributed by atoms with Crippen molar-refractivity contribution in [2.45, 2.75) is 64.1 Å². The lowest BCUT2D eigenvalue weighted by molar-refractivity contribution is -0.140. The second-order valence-electron chi connectivity index (χ2n) is 10.5. The van der Waals surface area contributed by atoms with E-state index in [0.717, 1.165) is 21.9 Å². The normalized spacial score (nSPS) is 12.5. The summed E-state index contributed by atoms with van der Waals surface area (Å²) in [5.41, 5.74) is 2.00. The van der Waals surface area contributed by atoms with E-state index in [2.05, 4.69) is 5.32 Å². The maximum absolute atomic E-state index is 14.3. The average Bonchev–Trinajstić information content (AvgIpc) is 3.03. The first-order valence-electron chi connectivity index (χ1n) is 14.5. The van der Waals surface area contributed by atoms with Gasteiger partial charge in [-0.1, -0.05) is 43.7 Å². The molecule has 3 aromatic rings. The first kappa shape index (κ1) is 34.2. The summed E-state index contributed by atoms with van der Waals surface area (Å²) in [6.45, 7) is 7.13. The molecule has 0 bridgehead atoms. The van der Waals surface area contributed by atoms with Gasteiger partial charge in [0.25, 0.3) is 10.0 Å². The van der Waals surface area contributed by atoms with Gasteiger partial charge in [-0.2, -0.15) is 0 Å². The van der Waals surface area contributed by atoms with Gasteiger partial charge in [0.05, 0.1) is 31.9 Å². The van der Waals surface area contributed by atoms with Crippen molar-refractivity contribution in [1.29, 1.82) is 0 Å². The molecule has 44 heavy (non-hydrogen) atoms. The minimum atomic E-state index is -4.28. The molecule has 0 spiro atoms. The molecule has 0 saturated heterocycles. The summed E-state index contributed by atoms with van der Waals surface area (Å²) in [6.07, 6.45) is 1.05. The van der Waals surface area contributed by atoms with Gasteiger partial charge in [-0.05, 0) is 68.7 Å². The van der Waals surface area contributed by atoms with Crippen molar-refractivity contribution in [2.75, 3.05) is 32.2 Å². The van der Waals surface area contributed by atoms with Gasteiger partial charge in [0.2, 0.25) is 11.8 Å². The lowest BCUT2D eigenvalue weighted by Crippen LogP contribution is -2.53. The fourth-order valence-corrected chi connectivity index (χ4v) is 6.06. The number of methoxy groups -OCH3 is 3. The van der Waals surface area contributed by atoms with Crippen molar-refractivity contribution >= 4 is 27.5 Å². The minimum Gasteiger partial charge on any atom is -0.497 e. The summed E-state index contributed by atoms with van der Waals surface area (Å²) in [5, 5.41) is 2.98. The number of anilines is 1. The highest BCUT2D eigenvalue weighted by Crippen LogP contribution is 2.32. The first-order chi connectivity index (χ1) is 21.0. The zero-order chi connectivity index (χ0) is 32.4. The number of sulfonamides is 1. The number of aryl methyl sites for hydroxylation is 1. The molecule has 3 rings (SSSR count). The Bertz CT molecular complexity index is 1510. The van der Waals surface area contributed by atoms with E-state index in [1.54, 1.807) is 43.5 Å². The summed E-state index contributed by atoms with van der Waals surface area (Å²) in [7, 11) is 0.167. The van der Waals surface area contributed by atoms with Gasteiger partial charge in [0.1, 0.15) is 18.3 Å². The van der Waals surface area contributed by atoms with Gasteiger partial charge in [-0.25, -0.2) is 8.42 Å². The van der Waals surface area contributed by atoms with E-state index in [1.165, 1.54) is 37.3 Å². The second kappa shape index (κ2) is 15.5. The zero-order valence-corrected chi connectivity index (χ0v) is 27.3. The van der Waals surface area contributed by atoms with Crippen LogP contribution < -0.4 is 23.8 Å². The van der Waals surface area contributed by atoms with E-state index in [4.69, 9.17) is 14.2 Å². The van der Waals surface area contributed by atoms with Crippen molar-refractivity contribution in [3.63, 3.8) is 0 Å². The SMILES string of the molecule is CC[C@@H](C)NC(=O)[C@H](CC)N(Cc1ccc(OC)cc1)C(=O)CN(c1ccc(C)cc1)S(=O)(=O)c1ccc(OC)c(OC)c1. The van der Waals surface area contributed by atoms with Gasteiger partial charge in [-0.3, -0.25) is 13.9 Å². The summed E-state index contributed by atoms with van der Waals surface area (Å²) in [4.78, 5) is 29.1. The fraction of sp³-hybridized carbons (Fsp3) is 0.394. The van der Waals surface area contributed by atoms with Crippen LogP contribution in [0.4, 0.5) is 5.69 Å². The third kappa shape index (κ3) is 8.22. The van der Waals surface area contributed by atoms with Crippen molar-refractivity contribution in [3.8, 4) is 17.2 Å². The maximum atomic E-state index is 14.3.